The summed E-state index contributed by atoms with van der Waals surface area (Å²) in [5.41, 5.74) is 5.28. The third-order valence-electron chi connectivity index (χ3n) is 17.5. The van der Waals surface area contributed by atoms with Crippen molar-refractivity contribution in [3.63, 3.8) is 0 Å². The Morgan fingerprint density at radius 2 is 1.67 bits per heavy atom. The maximum atomic E-state index is 14.6. The minimum Gasteiger partial charge on any atom is -0.462 e. The number of benzene rings is 2. The maximum Gasteiger partial charge on any atom is 0.328 e. The molecule has 4 bridgehead atoms. The number of aliphatic hydroxyl groups is 1. The molecule has 11 atom stereocenters. The topological polar surface area (TPSA) is 309 Å². The van der Waals surface area contributed by atoms with E-state index in [1.807, 2.05) is 32.1 Å². The van der Waals surface area contributed by atoms with E-state index in [1.54, 1.807) is 53.8 Å². The van der Waals surface area contributed by atoms with Gasteiger partial charge in [0.15, 0.2) is 5.78 Å². The number of carbonyl (C=O) groups is 10. The molecule has 0 radical (unpaired) electrons. The van der Waals surface area contributed by atoms with Gasteiger partial charge in [-0.05, 0) is 114 Å². The van der Waals surface area contributed by atoms with Crippen LogP contribution in [0.4, 0.5) is 10.5 Å². The molecule has 2 fully saturated rings. The second-order valence-corrected chi connectivity index (χ2v) is 26.6. The molecule has 0 spiro atoms. The second kappa shape index (κ2) is 34.2. The molecule has 0 saturated carbocycles. The summed E-state index contributed by atoms with van der Waals surface area (Å²) in [4.78, 5) is 139. The predicted molar refractivity (Wildman–Crippen MR) is 350 cm³/mol. The summed E-state index contributed by atoms with van der Waals surface area (Å²) in [5, 5.41) is 21.2. The fourth-order valence-electron chi connectivity index (χ4n) is 11.6. The van der Waals surface area contributed by atoms with Gasteiger partial charge in [0.25, 0.3) is 11.8 Å². The number of anilines is 1. The molecule has 2 aromatic carbocycles. The van der Waals surface area contributed by atoms with Crippen LogP contribution in [0.1, 0.15) is 150 Å². The van der Waals surface area contributed by atoms with Crippen molar-refractivity contribution in [3.05, 3.63) is 87.0 Å². The summed E-state index contributed by atoms with van der Waals surface area (Å²) in [6, 6.07) is 4.60. The molecule has 502 valence electrons. The predicted octanol–water partition coefficient (Wildman–Crippen LogP) is 7.91. The van der Waals surface area contributed by atoms with Crippen molar-refractivity contribution in [3.8, 4) is 0 Å². The summed E-state index contributed by atoms with van der Waals surface area (Å²) in [5.74, 6) is -7.00. The lowest BCUT2D eigenvalue weighted by Crippen LogP contribution is -2.53. The molecule has 3 aliphatic heterocycles. The first-order valence-corrected chi connectivity index (χ1v) is 33.5. The largest absolute Gasteiger partial charge is 0.462 e. The van der Waals surface area contributed by atoms with E-state index in [2.05, 4.69) is 47.8 Å². The molecule has 91 heavy (non-hydrogen) atoms. The van der Waals surface area contributed by atoms with E-state index in [0.29, 0.717) is 52.6 Å². The van der Waals surface area contributed by atoms with E-state index in [1.165, 1.54) is 51.2 Å². The Hall–Kier alpha value is -6.05. The Labute approximate surface area is 555 Å². The van der Waals surface area contributed by atoms with Crippen molar-refractivity contribution in [1.82, 2.24) is 20.9 Å². The van der Waals surface area contributed by atoms with Crippen LogP contribution in [0, 0.1) is 30.6 Å². The molecule has 3 aliphatic rings. The number of nitrogens with one attached hydrogen (secondary N) is 3. The van der Waals surface area contributed by atoms with Gasteiger partial charge in [0.05, 0.1) is 47.7 Å². The smallest absolute Gasteiger partial charge is 0.328 e. The highest BCUT2D eigenvalue weighted by molar-refractivity contribution is 9.09. The first-order chi connectivity index (χ1) is 42.8. The lowest BCUT2D eigenvalue weighted by atomic mass is 9.78. The molecule has 5 rings (SSSR count). The quantitative estimate of drug-likeness (QED) is 0.0186. The number of rotatable bonds is 27. The third-order valence-corrected chi connectivity index (χ3v) is 19.6. The first kappa shape index (κ1) is 75.7. The number of urea groups is 1. The van der Waals surface area contributed by atoms with Gasteiger partial charge < -0.3 is 60.3 Å². The van der Waals surface area contributed by atoms with Crippen LogP contribution in [0.2, 0.25) is 5.02 Å². The molecule has 6 amide bonds. The number of Topliss-reactive ketones (excluding diaryl/α,β-unsaturated/α-hetero) is 2. The van der Waals surface area contributed by atoms with Crippen LogP contribution >= 0.6 is 43.5 Å². The zero-order valence-electron chi connectivity index (χ0n) is 54.3. The number of aryl methyl sites for hydroxylation is 1. The van der Waals surface area contributed by atoms with Crippen LogP contribution < -0.4 is 26.6 Å². The first-order valence-electron chi connectivity index (χ1n) is 30.9. The number of halogens is 3. The number of epoxide rings is 1. The van der Waals surface area contributed by atoms with Gasteiger partial charge in [-0.1, -0.05) is 100 Å². The van der Waals surface area contributed by atoms with Crippen LogP contribution in [0.15, 0.2) is 54.1 Å². The molecule has 3 heterocycles. The highest BCUT2D eigenvalue weighted by Gasteiger charge is 2.64. The summed E-state index contributed by atoms with van der Waals surface area (Å²) in [7, 11) is 5.74. The molecular weight excluding hydrogens is 1330 g/mol. The van der Waals surface area contributed by atoms with Crippen LogP contribution in [0.5, 0.6) is 0 Å². The summed E-state index contributed by atoms with van der Waals surface area (Å²) < 4.78 is 29.8. The van der Waals surface area contributed by atoms with E-state index >= 15 is 0 Å². The number of methoxy groups -OCH3 is 1. The fourth-order valence-corrected chi connectivity index (χ4v) is 13.4. The van der Waals surface area contributed by atoms with E-state index in [4.69, 9.17) is 41.0 Å². The second-order valence-electron chi connectivity index (χ2n) is 24.9. The number of amides is 6. The normalized spacial score (nSPS) is 24.0. The summed E-state index contributed by atoms with van der Waals surface area (Å²) >= 11 is 13.5. The Kier molecular flexibility index (Phi) is 28.4. The number of primary amides is 1. The molecule has 22 nitrogen and oxygen atoms in total. The monoisotopic (exact) mass is 1420 g/mol. The number of ether oxygens (including phenoxy) is 5. The van der Waals surface area contributed by atoms with E-state index < -0.39 is 120 Å². The number of hydrogen-bond donors (Lipinski definition) is 5. The highest BCUT2D eigenvalue weighted by atomic mass is 79.9. The summed E-state index contributed by atoms with van der Waals surface area (Å²) in [6.07, 6.45) is 2.45. The molecule has 2 aromatic rings. The van der Waals surface area contributed by atoms with Gasteiger partial charge >= 0.3 is 23.9 Å². The van der Waals surface area contributed by atoms with Crippen molar-refractivity contribution in [2.75, 3.05) is 50.4 Å². The SMILES string of the molecule is CNC(=O)c1cc(C(=O)N(C)[C@@H](C)C(=O)O[C@H]2CC(=O)N(C)c3cc(cc(C)c3Cl)C/C(C)=C/C=C/[C@@H](OC)[C@]3(O)CC(=O)O[C@@H](C3)[C@@H](C)[C@@H]3O[C@@]23C)ccc1CC(=O)[C@H](CCCNC(N)=O)NC(=O)[C@@H](CC(=O)CCCCC(C)OC(=O)C(CBr)CBr)C(C)C. The lowest BCUT2D eigenvalue weighted by Gasteiger charge is -2.41. The minimum absolute atomic E-state index is 0.0255. The number of nitrogens with zero attached hydrogens (tertiary/aromatic N) is 2. The molecule has 25 heteroatoms. The van der Waals surface area contributed by atoms with E-state index in [9.17, 15) is 53.1 Å². The number of unbranched alkanes of at least 4 members (excludes halogenated alkanes) is 1. The number of alkyl halides is 2. The average molecular weight is 1420 g/mol. The van der Waals surface area contributed by atoms with E-state index in [0.717, 1.165) is 16.0 Å². The molecule has 0 aliphatic carbocycles. The number of allylic oxidation sites excluding steroid dienone is 3. The number of ketones is 2. The number of fused-ring (bicyclic) bond motifs is 5. The van der Waals surface area contributed by atoms with Crippen LogP contribution in [-0.4, -0.2) is 168 Å². The van der Waals surface area contributed by atoms with Crippen molar-refractivity contribution in [2.45, 2.75) is 186 Å². The number of hydrogen-bond acceptors (Lipinski definition) is 16. The Balaban J connectivity index is 1.36. The van der Waals surface area contributed by atoms with Crippen LogP contribution in [-0.2, 0) is 70.1 Å². The number of nitrogens with two attached hydrogens (primary N) is 1. The standard InChI is InChI=1S/C66H91Br2ClN6O16/c1-36(2)47(30-46(76)19-14-13-18-39(5)88-63(84)45(34-67)35-68)60(81)73-49(20-16-24-72-64(70)85)51(77)29-43-22-23-44(28-48(43)59(80)71-9)61(82)74(10)41(7)62(83)90-54-31-55(78)75(11)50-27-42(26-38(4)57(50)69)25-37(3)17-15-21-53(87-12)66(86)32-52(89-56(79)33-66)40(6)58-65(54,8)91-58/h15,17,21-23,26-28,36,39-41,45,47,49,52-54,58,86H,13-14,16,18-20,24-25,29-35H2,1-12H3,(H,71,80)(H,73,81)(H3,70,72,85)/b21-15+,37-17+/t39?,40-,41+,47+,49+,52+,53-,54+,58+,65+,66-/m1/s1. The Morgan fingerprint density at radius 1 is 0.978 bits per heavy atom. The number of carbonyl (C=O) groups excluding carboxylic acids is 10. The molecular formula is C66H91Br2ClN6O16. The lowest BCUT2D eigenvalue weighted by molar-refractivity contribution is -0.187. The molecule has 0 aromatic heterocycles. The number of esters is 3. The Morgan fingerprint density at radius 3 is 2.31 bits per heavy atom. The van der Waals surface area contributed by atoms with Crippen molar-refractivity contribution >= 4 is 108 Å². The average Bonchev–Trinajstić information content (AvgIpc) is 1.59. The minimum atomic E-state index is -1.67. The van der Waals surface area contributed by atoms with Crippen LogP contribution in [0.3, 0.4) is 0 Å². The van der Waals surface area contributed by atoms with Gasteiger partial charge in [-0.15, -0.1) is 0 Å². The zero-order chi connectivity index (χ0) is 67.8. The molecule has 2 saturated heterocycles. The number of likely N-dealkylation sites (N-methyl/N-ethyl adjacent to an activating group) is 1. The van der Waals surface area contributed by atoms with Crippen molar-refractivity contribution < 1.29 is 76.7 Å². The van der Waals surface area contributed by atoms with Gasteiger partial charge in [0.1, 0.15) is 41.3 Å². The van der Waals surface area contributed by atoms with E-state index in [-0.39, 0.29) is 91.5 Å². The van der Waals surface area contributed by atoms with Crippen molar-refractivity contribution in [1.29, 1.82) is 0 Å². The molecule has 6 N–H and O–H groups in total. The van der Waals surface area contributed by atoms with Crippen molar-refractivity contribution in [2.24, 2.45) is 29.4 Å². The fraction of sp³-hybridized carbons (Fsp3) is 0.606. The van der Waals surface area contributed by atoms with Gasteiger partial charge in [0.2, 0.25) is 11.8 Å². The van der Waals surface area contributed by atoms with Gasteiger partial charge in [0, 0.05) is 94.1 Å². The van der Waals surface area contributed by atoms with Crippen LogP contribution in [0.25, 0.3) is 0 Å². The van der Waals surface area contributed by atoms with Gasteiger partial charge in [-0.2, -0.15) is 0 Å². The Bertz CT molecular complexity index is 3070. The van der Waals surface area contributed by atoms with Gasteiger partial charge in [-0.3, -0.25) is 38.4 Å². The maximum absolute atomic E-state index is 14.6. The highest BCUT2D eigenvalue weighted by Crippen LogP contribution is 2.50. The summed E-state index contributed by atoms with van der Waals surface area (Å²) in [6.45, 7) is 14.1. The molecule has 1 unspecified atom stereocenters. The van der Waals surface area contributed by atoms with Gasteiger partial charge in [-0.25, -0.2) is 9.59 Å². The third kappa shape index (κ3) is 20.5. The zero-order valence-corrected chi connectivity index (χ0v) is 58.2.